The molecule has 1 unspecified atom stereocenters. The molecule has 2 aromatic heterocycles. The Hall–Kier alpha value is -0.720. The molecule has 2 N–H and O–H groups in total. The number of hydrogen-bond acceptors (Lipinski definition) is 4. The lowest BCUT2D eigenvalue weighted by Gasteiger charge is -2.12. The third-order valence-electron chi connectivity index (χ3n) is 3.38. The average Bonchev–Trinajstić information content (AvgIpc) is 2.90. The van der Waals surface area contributed by atoms with Gasteiger partial charge in [-0.1, -0.05) is 6.92 Å². The predicted octanol–water partition coefficient (Wildman–Crippen LogP) is 3.54. The lowest BCUT2D eigenvalue weighted by Crippen LogP contribution is -2.16. The van der Waals surface area contributed by atoms with Gasteiger partial charge in [0.1, 0.15) is 0 Å². The molecule has 0 saturated heterocycles. The fourth-order valence-corrected chi connectivity index (χ4v) is 4.06. The van der Waals surface area contributed by atoms with Crippen molar-refractivity contribution in [3.63, 3.8) is 0 Å². The molecule has 20 heavy (non-hydrogen) atoms. The van der Waals surface area contributed by atoms with Crippen LogP contribution < -0.4 is 5.73 Å². The summed E-state index contributed by atoms with van der Waals surface area (Å²) < 4.78 is 3.16. The first-order valence-electron chi connectivity index (χ1n) is 6.91. The number of aryl methyl sites for hydroxylation is 4. The maximum atomic E-state index is 6.39. The van der Waals surface area contributed by atoms with Crippen LogP contribution in [0, 0.1) is 13.8 Å². The monoisotopic (exact) mass is 356 g/mol. The standard InChI is InChI=1S/C14H21BrN4S/c1-5-11-13(15)12(19(6-2)18-11)7-10(16)14-8(3)17-9(4)20-14/h10H,5-7,16H2,1-4H3. The Bertz CT molecular complexity index is 603. The van der Waals surface area contributed by atoms with Gasteiger partial charge in [-0.2, -0.15) is 5.10 Å². The zero-order chi connectivity index (χ0) is 14.9. The second kappa shape index (κ2) is 6.37. The third kappa shape index (κ3) is 2.97. The van der Waals surface area contributed by atoms with Gasteiger partial charge in [0.2, 0.25) is 0 Å². The van der Waals surface area contributed by atoms with E-state index in [4.69, 9.17) is 5.73 Å². The molecule has 1 atom stereocenters. The smallest absolute Gasteiger partial charge is 0.0900 e. The quantitative estimate of drug-likeness (QED) is 0.890. The summed E-state index contributed by atoms with van der Waals surface area (Å²) in [6.45, 7) is 9.14. The van der Waals surface area contributed by atoms with E-state index in [1.807, 2.05) is 18.5 Å². The highest BCUT2D eigenvalue weighted by atomic mass is 79.9. The topological polar surface area (TPSA) is 56.7 Å². The summed E-state index contributed by atoms with van der Waals surface area (Å²) >= 11 is 5.37. The van der Waals surface area contributed by atoms with Crippen molar-refractivity contribution in [2.75, 3.05) is 0 Å². The van der Waals surface area contributed by atoms with Gasteiger partial charge < -0.3 is 5.73 Å². The van der Waals surface area contributed by atoms with Crippen molar-refractivity contribution < 1.29 is 0 Å². The molecular weight excluding hydrogens is 336 g/mol. The van der Waals surface area contributed by atoms with Crippen LogP contribution in [0.25, 0.3) is 0 Å². The van der Waals surface area contributed by atoms with Gasteiger partial charge in [0.05, 0.1) is 26.6 Å². The molecule has 0 spiro atoms. The molecule has 0 bridgehead atoms. The van der Waals surface area contributed by atoms with Crippen molar-refractivity contribution >= 4 is 27.3 Å². The van der Waals surface area contributed by atoms with Crippen LogP contribution in [-0.4, -0.2) is 14.8 Å². The maximum absolute atomic E-state index is 6.39. The second-order valence-corrected chi connectivity index (χ2v) is 6.90. The molecule has 2 heterocycles. The Balaban J connectivity index is 2.29. The Morgan fingerprint density at radius 1 is 1.35 bits per heavy atom. The summed E-state index contributed by atoms with van der Waals surface area (Å²) in [4.78, 5) is 5.64. The molecular formula is C14H21BrN4S. The molecule has 0 saturated carbocycles. The van der Waals surface area contributed by atoms with E-state index in [1.165, 1.54) is 10.6 Å². The molecule has 110 valence electrons. The maximum Gasteiger partial charge on any atom is 0.0900 e. The molecule has 0 aliphatic carbocycles. The number of halogens is 1. The minimum Gasteiger partial charge on any atom is -0.323 e. The molecule has 2 aromatic rings. The Labute approximate surface area is 132 Å². The SMILES string of the molecule is CCc1nn(CC)c(CC(N)c2sc(C)nc2C)c1Br. The van der Waals surface area contributed by atoms with E-state index >= 15 is 0 Å². The summed E-state index contributed by atoms with van der Waals surface area (Å²) in [6.07, 6.45) is 1.71. The fourth-order valence-electron chi connectivity index (χ4n) is 2.40. The van der Waals surface area contributed by atoms with Crippen molar-refractivity contribution in [3.8, 4) is 0 Å². The molecule has 0 aromatic carbocycles. The minimum absolute atomic E-state index is 0.0239. The first kappa shape index (κ1) is 15.7. The van der Waals surface area contributed by atoms with Crippen LogP contribution in [0.2, 0.25) is 0 Å². The van der Waals surface area contributed by atoms with E-state index in [0.717, 1.165) is 40.3 Å². The number of thiazole rings is 1. The van der Waals surface area contributed by atoms with E-state index in [0.29, 0.717) is 0 Å². The molecule has 0 aliphatic heterocycles. The van der Waals surface area contributed by atoms with Crippen LogP contribution in [0.4, 0.5) is 0 Å². The summed E-state index contributed by atoms with van der Waals surface area (Å²) in [5.41, 5.74) is 9.73. The fraction of sp³-hybridized carbons (Fsp3) is 0.571. The lowest BCUT2D eigenvalue weighted by molar-refractivity contribution is 0.586. The number of hydrogen-bond donors (Lipinski definition) is 1. The van der Waals surface area contributed by atoms with E-state index in [2.05, 4.69) is 39.9 Å². The van der Waals surface area contributed by atoms with Gasteiger partial charge in [-0.05, 0) is 43.1 Å². The molecule has 0 aliphatic rings. The number of rotatable bonds is 5. The van der Waals surface area contributed by atoms with Gasteiger partial charge in [-0.25, -0.2) is 4.98 Å². The van der Waals surface area contributed by atoms with Crippen LogP contribution in [-0.2, 0) is 19.4 Å². The van der Waals surface area contributed by atoms with Gasteiger partial charge >= 0.3 is 0 Å². The van der Waals surface area contributed by atoms with Gasteiger partial charge in [0.15, 0.2) is 0 Å². The van der Waals surface area contributed by atoms with Gasteiger partial charge in [0.25, 0.3) is 0 Å². The van der Waals surface area contributed by atoms with E-state index in [9.17, 15) is 0 Å². The van der Waals surface area contributed by atoms with E-state index < -0.39 is 0 Å². The van der Waals surface area contributed by atoms with E-state index in [1.54, 1.807) is 11.3 Å². The third-order valence-corrected chi connectivity index (χ3v) is 5.50. The zero-order valence-electron chi connectivity index (χ0n) is 12.4. The molecule has 6 heteroatoms. The molecule has 4 nitrogen and oxygen atoms in total. The summed E-state index contributed by atoms with van der Waals surface area (Å²) in [5, 5.41) is 5.70. The molecule has 2 rings (SSSR count). The van der Waals surface area contributed by atoms with Gasteiger partial charge in [-0.15, -0.1) is 11.3 Å². The zero-order valence-corrected chi connectivity index (χ0v) is 14.8. The van der Waals surface area contributed by atoms with Crippen molar-refractivity contribution in [1.29, 1.82) is 0 Å². The highest BCUT2D eigenvalue weighted by molar-refractivity contribution is 9.10. The predicted molar refractivity (Wildman–Crippen MR) is 87.2 cm³/mol. The number of nitrogens with zero attached hydrogens (tertiary/aromatic N) is 3. The normalized spacial score (nSPS) is 12.9. The summed E-state index contributed by atoms with van der Waals surface area (Å²) in [5.74, 6) is 0. The van der Waals surface area contributed by atoms with Crippen molar-refractivity contribution in [3.05, 3.63) is 31.4 Å². The average molecular weight is 357 g/mol. The molecule has 0 fully saturated rings. The van der Waals surface area contributed by atoms with Crippen molar-refractivity contribution in [2.45, 2.75) is 53.1 Å². The van der Waals surface area contributed by atoms with Crippen LogP contribution in [0.15, 0.2) is 4.47 Å². The summed E-state index contributed by atoms with van der Waals surface area (Å²) in [6, 6.07) is -0.0239. The first-order valence-corrected chi connectivity index (χ1v) is 8.52. The largest absolute Gasteiger partial charge is 0.323 e. The minimum atomic E-state index is -0.0239. The van der Waals surface area contributed by atoms with Gasteiger partial charge in [0, 0.05) is 23.9 Å². The highest BCUT2D eigenvalue weighted by Crippen LogP contribution is 2.30. The number of aromatic nitrogens is 3. The van der Waals surface area contributed by atoms with Crippen LogP contribution in [0.5, 0.6) is 0 Å². The second-order valence-electron chi connectivity index (χ2n) is 4.87. The molecule has 0 amide bonds. The first-order chi connectivity index (χ1) is 9.47. The highest BCUT2D eigenvalue weighted by Gasteiger charge is 2.20. The molecule has 0 radical (unpaired) electrons. The number of nitrogens with two attached hydrogens (primary N) is 1. The summed E-state index contributed by atoms with van der Waals surface area (Å²) in [7, 11) is 0. The van der Waals surface area contributed by atoms with E-state index in [-0.39, 0.29) is 6.04 Å². The van der Waals surface area contributed by atoms with Crippen molar-refractivity contribution in [1.82, 2.24) is 14.8 Å². The Kier molecular flexibility index (Phi) is 4.99. The van der Waals surface area contributed by atoms with Gasteiger partial charge in [-0.3, -0.25) is 4.68 Å². The van der Waals surface area contributed by atoms with Crippen LogP contribution >= 0.6 is 27.3 Å². The van der Waals surface area contributed by atoms with Crippen LogP contribution in [0.3, 0.4) is 0 Å². The van der Waals surface area contributed by atoms with Crippen molar-refractivity contribution in [2.24, 2.45) is 5.73 Å². The van der Waals surface area contributed by atoms with Crippen LogP contribution in [0.1, 0.15) is 46.9 Å². The Morgan fingerprint density at radius 3 is 2.55 bits per heavy atom. The lowest BCUT2D eigenvalue weighted by atomic mass is 10.1. The Morgan fingerprint density at radius 2 is 2.05 bits per heavy atom.